The van der Waals surface area contributed by atoms with Crippen molar-refractivity contribution >= 4 is 50.1 Å². The summed E-state index contributed by atoms with van der Waals surface area (Å²) in [7, 11) is -0.852. The molecule has 4 atom stereocenters. The number of urea groups is 1. The Bertz CT molecular complexity index is 2150. The first-order valence-corrected chi connectivity index (χ1v) is 20.1. The minimum Gasteiger partial charge on any atom is -0.496 e. The van der Waals surface area contributed by atoms with Crippen LogP contribution >= 0.6 is 11.3 Å². The van der Waals surface area contributed by atoms with Crippen LogP contribution < -0.4 is 19.5 Å². The van der Waals surface area contributed by atoms with E-state index in [0.717, 1.165) is 23.1 Å². The molecule has 13 nitrogen and oxygen atoms in total. The summed E-state index contributed by atoms with van der Waals surface area (Å²) >= 11 is 0.784. The molecule has 2 N–H and O–H groups in total. The first-order chi connectivity index (χ1) is 25.5. The molecule has 1 saturated heterocycles. The van der Waals surface area contributed by atoms with Crippen LogP contribution in [-0.2, 0) is 25.8 Å². The highest BCUT2D eigenvalue weighted by molar-refractivity contribution is 7.91. The molecule has 2 saturated carbocycles. The third-order valence-electron chi connectivity index (χ3n) is 10.9. The number of fused-ring (bicyclic) bond motifs is 3. The van der Waals surface area contributed by atoms with Crippen molar-refractivity contribution in [2.24, 2.45) is 5.92 Å². The van der Waals surface area contributed by atoms with Gasteiger partial charge in [-0.1, -0.05) is 12.2 Å². The van der Waals surface area contributed by atoms with Gasteiger partial charge in [-0.3, -0.25) is 14.3 Å². The van der Waals surface area contributed by atoms with Crippen molar-refractivity contribution in [2.75, 3.05) is 27.2 Å². The number of nitrogens with one attached hydrogen (secondary N) is 2. The van der Waals surface area contributed by atoms with Crippen molar-refractivity contribution in [1.29, 1.82) is 0 Å². The molecule has 2 aromatic heterocycles. The summed E-state index contributed by atoms with van der Waals surface area (Å²) in [5.41, 5.74) is -1.43. The number of hydrogen-bond acceptors (Lipinski definition) is 10. The Labute approximate surface area is 314 Å². The van der Waals surface area contributed by atoms with E-state index in [1.807, 2.05) is 12.2 Å². The molecule has 1 aromatic carbocycles. The van der Waals surface area contributed by atoms with Gasteiger partial charge in [0.05, 0.1) is 23.9 Å². The quantitative estimate of drug-likeness (QED) is 0.308. The number of halogens is 3. The van der Waals surface area contributed by atoms with E-state index in [1.165, 1.54) is 18.1 Å². The maximum atomic E-state index is 14.2. The smallest absolute Gasteiger partial charge is 0.434 e. The van der Waals surface area contributed by atoms with Crippen molar-refractivity contribution < 1.29 is 45.4 Å². The SMILES string of the molecule is COc1ccc2c(O[C@H]3C[C@H]4C(=O)N(C)CCCC/C=C\[C@H]5C[C@@]5(C(=O)NS(=O)(=O)C5(C)CC5)NC(=O)N4C3)cc(-c3nc(C(F)(F)F)cs3)nc2c1C. The average molecular weight is 791 g/mol. The molecule has 7 rings (SSSR count). The third-order valence-corrected chi connectivity index (χ3v) is 13.9. The number of nitrogens with zero attached hydrogens (tertiary/aromatic N) is 4. The molecule has 0 unspecified atom stereocenters. The van der Waals surface area contributed by atoms with E-state index in [2.05, 4.69) is 20.0 Å². The molecule has 2 aliphatic carbocycles. The maximum absolute atomic E-state index is 14.2. The van der Waals surface area contributed by atoms with E-state index in [1.54, 1.807) is 37.9 Å². The van der Waals surface area contributed by atoms with Crippen molar-refractivity contribution in [2.45, 2.75) is 87.4 Å². The average Bonchev–Trinajstić information content (AvgIpc) is 3.88. The fourth-order valence-electron chi connectivity index (χ4n) is 7.11. The Balaban J connectivity index is 1.21. The molecule has 3 aromatic rings. The van der Waals surface area contributed by atoms with Crippen LogP contribution in [-0.4, -0.2) is 95.7 Å². The molecular weight excluding hydrogens is 750 g/mol. The number of allylic oxidation sites excluding steroid dienone is 1. The number of aromatic nitrogens is 2. The largest absolute Gasteiger partial charge is 0.496 e. The van der Waals surface area contributed by atoms with E-state index >= 15 is 0 Å². The van der Waals surface area contributed by atoms with Gasteiger partial charge in [-0.15, -0.1) is 11.3 Å². The van der Waals surface area contributed by atoms with E-state index in [0.29, 0.717) is 54.4 Å². The molecule has 4 heterocycles. The number of alkyl halides is 3. The van der Waals surface area contributed by atoms with Gasteiger partial charge in [-0.2, -0.15) is 13.2 Å². The zero-order chi connectivity index (χ0) is 38.8. The minimum absolute atomic E-state index is 0.0186. The lowest BCUT2D eigenvalue weighted by Gasteiger charge is -2.30. The Morgan fingerprint density at radius 3 is 2.59 bits per heavy atom. The third kappa shape index (κ3) is 6.97. The summed E-state index contributed by atoms with van der Waals surface area (Å²) in [6, 6.07) is 3.21. The van der Waals surface area contributed by atoms with Crippen molar-refractivity contribution in [3.63, 3.8) is 0 Å². The van der Waals surface area contributed by atoms with Crippen molar-refractivity contribution in [1.82, 2.24) is 29.8 Å². The molecule has 0 radical (unpaired) electrons. The number of pyridine rings is 1. The van der Waals surface area contributed by atoms with E-state index in [4.69, 9.17) is 9.47 Å². The van der Waals surface area contributed by atoms with Crippen LogP contribution in [0, 0.1) is 12.8 Å². The number of hydrogen-bond donors (Lipinski definition) is 2. The number of thiazole rings is 1. The number of benzene rings is 1. The summed E-state index contributed by atoms with van der Waals surface area (Å²) in [4.78, 5) is 53.2. The molecule has 0 bridgehead atoms. The molecular formula is C36H41F3N6O7S2. The van der Waals surface area contributed by atoms with Gasteiger partial charge in [0, 0.05) is 48.3 Å². The molecule has 18 heteroatoms. The van der Waals surface area contributed by atoms with Crippen LogP contribution in [0.25, 0.3) is 21.6 Å². The summed E-state index contributed by atoms with van der Waals surface area (Å²) in [5, 5.41) is 4.27. The number of amides is 4. The summed E-state index contributed by atoms with van der Waals surface area (Å²) < 4.78 is 79.8. The van der Waals surface area contributed by atoms with Gasteiger partial charge in [0.25, 0.3) is 5.91 Å². The highest BCUT2D eigenvalue weighted by Crippen LogP contribution is 2.48. The zero-order valence-electron chi connectivity index (χ0n) is 30.2. The highest BCUT2D eigenvalue weighted by Gasteiger charge is 2.63. The van der Waals surface area contributed by atoms with E-state index < -0.39 is 62.2 Å². The number of rotatable bonds is 7. The summed E-state index contributed by atoms with van der Waals surface area (Å²) in [6.45, 7) is 3.69. The molecule has 4 amide bonds. The summed E-state index contributed by atoms with van der Waals surface area (Å²) in [6.07, 6.45) is 1.56. The Morgan fingerprint density at radius 1 is 1.15 bits per heavy atom. The molecule has 54 heavy (non-hydrogen) atoms. The van der Waals surface area contributed by atoms with Crippen LogP contribution in [0.1, 0.15) is 63.1 Å². The van der Waals surface area contributed by atoms with Gasteiger partial charge in [0.15, 0.2) is 5.69 Å². The van der Waals surface area contributed by atoms with Crippen molar-refractivity contribution in [3.8, 4) is 22.2 Å². The molecule has 3 fully saturated rings. The van der Waals surface area contributed by atoms with E-state index in [-0.39, 0.29) is 41.7 Å². The van der Waals surface area contributed by atoms with Crippen LogP contribution in [0.3, 0.4) is 0 Å². The summed E-state index contributed by atoms with van der Waals surface area (Å²) in [5.74, 6) is -0.856. The van der Waals surface area contributed by atoms with Crippen LogP contribution in [0.4, 0.5) is 18.0 Å². The predicted octanol–water partition coefficient (Wildman–Crippen LogP) is 5.18. The van der Waals surface area contributed by atoms with Crippen LogP contribution in [0.2, 0.25) is 0 Å². The highest BCUT2D eigenvalue weighted by atomic mass is 32.2. The fourth-order valence-corrected chi connectivity index (χ4v) is 9.21. The Morgan fingerprint density at radius 2 is 1.91 bits per heavy atom. The van der Waals surface area contributed by atoms with Gasteiger partial charge >= 0.3 is 12.2 Å². The van der Waals surface area contributed by atoms with Gasteiger partial charge in [-0.25, -0.2) is 23.2 Å². The molecule has 4 aliphatic rings. The van der Waals surface area contributed by atoms with Gasteiger partial charge in [0.2, 0.25) is 15.9 Å². The molecule has 2 aliphatic heterocycles. The van der Waals surface area contributed by atoms with Crippen LogP contribution in [0.15, 0.2) is 35.7 Å². The van der Waals surface area contributed by atoms with Crippen LogP contribution in [0.5, 0.6) is 11.5 Å². The number of sulfonamides is 1. The van der Waals surface area contributed by atoms with Gasteiger partial charge < -0.3 is 24.6 Å². The maximum Gasteiger partial charge on any atom is 0.434 e. The lowest BCUT2D eigenvalue weighted by molar-refractivity contribution is -0.140. The van der Waals surface area contributed by atoms with Gasteiger partial charge in [-0.05, 0) is 64.5 Å². The van der Waals surface area contributed by atoms with E-state index in [9.17, 15) is 36.0 Å². The second-order valence-electron chi connectivity index (χ2n) is 14.8. The molecule has 290 valence electrons. The zero-order valence-corrected chi connectivity index (χ0v) is 31.8. The second kappa shape index (κ2) is 13.7. The topological polar surface area (TPSA) is 160 Å². The van der Waals surface area contributed by atoms with Crippen molar-refractivity contribution in [3.05, 3.63) is 47.0 Å². The number of carbonyl (C=O) groups excluding carboxylic acids is 3. The standard InChI is InChI=1S/C36H41F3N6O7S2/c1-20-26(51-4)11-10-23-27(16-24(40-29(20)23)30-41-28(19-53-30)36(37,38)39)52-22-15-25-31(46)44(3)14-8-6-5-7-9-21-17-35(21,42-33(48)45(25)18-22)32(47)43-54(49,50)34(2)12-13-34/h7,9-11,16,19,21-22,25H,5-6,8,12-15,17-18H2,1-4H3,(H,42,48)(H,43,47)/b9-7-/t21-,22-,25-,35+/m0/s1. The number of ether oxygens (including phenoxy) is 2. The monoisotopic (exact) mass is 790 g/mol. The normalized spacial score (nSPS) is 26.3. The fraction of sp³-hybridized carbons (Fsp3) is 0.528. The lowest BCUT2D eigenvalue weighted by atomic mass is 10.1. The Hall–Kier alpha value is -4.45. The number of aryl methyl sites for hydroxylation is 1. The number of carbonyl (C=O) groups is 3. The predicted molar refractivity (Wildman–Crippen MR) is 193 cm³/mol. The van der Waals surface area contributed by atoms with Gasteiger partial charge in [0.1, 0.15) is 39.9 Å². The first-order valence-electron chi connectivity index (χ1n) is 17.7. The number of likely N-dealkylation sites (N-methyl/N-ethyl adjacent to an activating group) is 1. The minimum atomic E-state index is -4.65. The molecule has 0 spiro atoms. The Kier molecular flexibility index (Phi) is 9.59. The first kappa shape index (κ1) is 37.8. The number of methoxy groups -OCH3 is 1. The second-order valence-corrected chi connectivity index (χ2v) is 17.8. The lowest BCUT2D eigenvalue weighted by Crippen LogP contribution is -2.58.